The molecule has 0 aliphatic heterocycles. The average Bonchev–Trinajstić information content (AvgIpc) is 2.87. The van der Waals surface area contributed by atoms with E-state index in [0.717, 1.165) is 11.3 Å². The lowest BCUT2D eigenvalue weighted by atomic mass is 10.2. The van der Waals surface area contributed by atoms with Gasteiger partial charge in [-0.25, -0.2) is 9.37 Å². The van der Waals surface area contributed by atoms with Crippen LogP contribution in [0.15, 0.2) is 36.8 Å². The Bertz CT molecular complexity index is 575. The molecule has 1 aromatic heterocycles. The topological polar surface area (TPSA) is 46.9 Å². The lowest BCUT2D eigenvalue weighted by Gasteiger charge is -2.06. The Morgan fingerprint density at radius 2 is 2.05 bits per heavy atom. The number of aromatic nitrogens is 2. The predicted octanol–water partition coefficient (Wildman–Crippen LogP) is 2.46. The number of carbonyl (C=O) groups is 1. The van der Waals surface area contributed by atoms with Crippen LogP contribution in [0.5, 0.6) is 0 Å². The highest BCUT2D eigenvalue weighted by Crippen LogP contribution is 2.10. The van der Waals surface area contributed by atoms with Crippen molar-refractivity contribution in [3.8, 4) is 0 Å². The number of halogens is 1. The smallest absolute Gasteiger partial charge is 0.240 e. The summed E-state index contributed by atoms with van der Waals surface area (Å²) < 4.78 is 14.5. The number of amides is 1. The zero-order valence-corrected chi connectivity index (χ0v) is 11.6. The third-order valence-corrected chi connectivity index (χ3v) is 2.97. The van der Waals surface area contributed by atoms with Gasteiger partial charge < -0.3 is 9.88 Å². The molecule has 4 nitrogen and oxygen atoms in total. The molecule has 106 valence electrons. The number of hydrogen-bond donors (Lipinski definition) is 1. The van der Waals surface area contributed by atoms with Crippen molar-refractivity contribution in [3.63, 3.8) is 0 Å². The van der Waals surface area contributed by atoms with Crippen molar-refractivity contribution in [2.75, 3.05) is 0 Å². The van der Waals surface area contributed by atoms with Gasteiger partial charge in [-0.05, 0) is 23.6 Å². The van der Waals surface area contributed by atoms with Crippen LogP contribution in [0.1, 0.15) is 31.0 Å². The quantitative estimate of drug-likeness (QED) is 0.911. The molecule has 0 unspecified atom stereocenters. The van der Waals surface area contributed by atoms with Crippen LogP contribution in [0.4, 0.5) is 4.39 Å². The Morgan fingerprint density at radius 3 is 2.65 bits per heavy atom. The van der Waals surface area contributed by atoms with Gasteiger partial charge in [0.2, 0.25) is 5.91 Å². The molecule has 1 N–H and O–H groups in total. The fourth-order valence-corrected chi connectivity index (χ4v) is 1.79. The number of nitrogens with zero attached hydrogens (tertiary/aromatic N) is 2. The second-order valence-electron chi connectivity index (χ2n) is 5.03. The normalized spacial score (nSPS) is 10.8. The summed E-state index contributed by atoms with van der Waals surface area (Å²) in [5.41, 5.74) is 1.84. The van der Waals surface area contributed by atoms with Gasteiger partial charge in [-0.2, -0.15) is 0 Å². The number of benzene rings is 1. The molecule has 0 spiro atoms. The molecule has 0 bridgehead atoms. The highest BCUT2D eigenvalue weighted by Gasteiger charge is 2.06. The van der Waals surface area contributed by atoms with Crippen molar-refractivity contribution in [1.82, 2.24) is 14.9 Å². The molecule has 0 aliphatic rings. The van der Waals surface area contributed by atoms with Gasteiger partial charge in [0.25, 0.3) is 0 Å². The van der Waals surface area contributed by atoms with Gasteiger partial charge in [0.15, 0.2) is 0 Å². The lowest BCUT2D eigenvalue weighted by molar-refractivity contribution is -0.121. The van der Waals surface area contributed by atoms with E-state index in [4.69, 9.17) is 0 Å². The van der Waals surface area contributed by atoms with Gasteiger partial charge in [-0.15, -0.1) is 0 Å². The summed E-state index contributed by atoms with van der Waals surface area (Å²) in [7, 11) is 0. The Kier molecular flexibility index (Phi) is 4.50. The Morgan fingerprint density at radius 1 is 1.35 bits per heavy atom. The van der Waals surface area contributed by atoms with Crippen molar-refractivity contribution in [2.24, 2.45) is 0 Å². The van der Waals surface area contributed by atoms with E-state index < -0.39 is 0 Å². The van der Waals surface area contributed by atoms with Gasteiger partial charge in [0.05, 0.1) is 12.0 Å². The Hall–Kier alpha value is -2.17. The Labute approximate surface area is 117 Å². The molecular formula is C15H18FN3O. The summed E-state index contributed by atoms with van der Waals surface area (Å²) in [6.45, 7) is 4.74. The summed E-state index contributed by atoms with van der Waals surface area (Å²) >= 11 is 0. The number of rotatable bonds is 5. The Balaban J connectivity index is 1.84. The summed E-state index contributed by atoms with van der Waals surface area (Å²) in [6.07, 6.45) is 3.54. The number of nitrogens with one attached hydrogen (secondary N) is 1. The van der Waals surface area contributed by atoms with E-state index in [9.17, 15) is 9.18 Å². The third kappa shape index (κ3) is 3.91. The minimum Gasteiger partial charge on any atom is -0.350 e. The average molecular weight is 275 g/mol. The second-order valence-corrected chi connectivity index (χ2v) is 5.03. The third-order valence-electron chi connectivity index (χ3n) is 2.97. The van der Waals surface area contributed by atoms with E-state index >= 15 is 0 Å². The first-order valence-electron chi connectivity index (χ1n) is 6.57. The molecule has 1 amide bonds. The molecule has 0 fully saturated rings. The number of imidazole rings is 1. The van der Waals surface area contributed by atoms with E-state index in [0.29, 0.717) is 12.5 Å². The molecule has 0 saturated carbocycles. The fourth-order valence-electron chi connectivity index (χ4n) is 1.79. The molecular weight excluding hydrogens is 257 g/mol. The molecule has 1 heterocycles. The second kappa shape index (κ2) is 6.32. The van der Waals surface area contributed by atoms with Crippen LogP contribution in [-0.2, 0) is 17.9 Å². The van der Waals surface area contributed by atoms with Crippen LogP contribution in [0.2, 0.25) is 0 Å². The highest BCUT2D eigenvalue weighted by molar-refractivity contribution is 5.75. The van der Waals surface area contributed by atoms with Gasteiger partial charge in [0.1, 0.15) is 12.4 Å². The molecule has 5 heteroatoms. The lowest BCUT2D eigenvalue weighted by Crippen LogP contribution is -2.26. The summed E-state index contributed by atoms with van der Waals surface area (Å²) in [6, 6.07) is 6.08. The van der Waals surface area contributed by atoms with E-state index in [1.807, 2.05) is 6.20 Å². The van der Waals surface area contributed by atoms with Crippen LogP contribution in [0.3, 0.4) is 0 Å². The first-order valence-corrected chi connectivity index (χ1v) is 6.57. The minimum atomic E-state index is -0.278. The SMILES string of the molecule is CC(C)c1cn(CC(=O)NCc2ccc(F)cc2)cn1. The fraction of sp³-hybridized carbons (Fsp3) is 0.333. The standard InChI is InChI=1S/C15H18FN3O/c1-11(2)14-8-19(10-18-14)9-15(20)17-7-12-3-5-13(16)6-4-12/h3-6,8,10-11H,7,9H2,1-2H3,(H,17,20). The van der Waals surface area contributed by atoms with Gasteiger partial charge in [-0.3, -0.25) is 4.79 Å². The molecule has 0 saturated heterocycles. The molecule has 2 rings (SSSR count). The molecule has 1 aromatic carbocycles. The predicted molar refractivity (Wildman–Crippen MR) is 74.6 cm³/mol. The zero-order chi connectivity index (χ0) is 14.5. The largest absolute Gasteiger partial charge is 0.350 e. The molecule has 2 aromatic rings. The van der Waals surface area contributed by atoms with Crippen LogP contribution < -0.4 is 5.32 Å². The van der Waals surface area contributed by atoms with E-state index in [1.54, 1.807) is 23.0 Å². The van der Waals surface area contributed by atoms with Crippen molar-refractivity contribution in [1.29, 1.82) is 0 Å². The summed E-state index contributed by atoms with van der Waals surface area (Å²) in [5.74, 6) is -0.0275. The monoisotopic (exact) mass is 275 g/mol. The minimum absolute atomic E-state index is 0.0953. The zero-order valence-electron chi connectivity index (χ0n) is 11.6. The molecule has 20 heavy (non-hydrogen) atoms. The summed E-state index contributed by atoms with van der Waals surface area (Å²) in [4.78, 5) is 16.0. The van der Waals surface area contributed by atoms with Crippen molar-refractivity contribution in [2.45, 2.75) is 32.9 Å². The maximum absolute atomic E-state index is 12.7. The van der Waals surface area contributed by atoms with Crippen molar-refractivity contribution >= 4 is 5.91 Å². The van der Waals surface area contributed by atoms with Gasteiger partial charge in [-0.1, -0.05) is 26.0 Å². The van der Waals surface area contributed by atoms with Crippen molar-refractivity contribution < 1.29 is 9.18 Å². The van der Waals surface area contributed by atoms with Crippen LogP contribution >= 0.6 is 0 Å². The maximum Gasteiger partial charge on any atom is 0.240 e. The van der Waals surface area contributed by atoms with E-state index in [2.05, 4.69) is 24.1 Å². The highest BCUT2D eigenvalue weighted by atomic mass is 19.1. The first kappa shape index (κ1) is 14.2. The van der Waals surface area contributed by atoms with Crippen LogP contribution in [0.25, 0.3) is 0 Å². The first-order chi connectivity index (χ1) is 9.54. The summed E-state index contributed by atoms with van der Waals surface area (Å²) in [5, 5.41) is 2.80. The van der Waals surface area contributed by atoms with Crippen LogP contribution in [-0.4, -0.2) is 15.5 Å². The van der Waals surface area contributed by atoms with E-state index in [-0.39, 0.29) is 18.3 Å². The van der Waals surface area contributed by atoms with Gasteiger partial charge >= 0.3 is 0 Å². The molecule has 0 aliphatic carbocycles. The molecule has 0 radical (unpaired) electrons. The van der Waals surface area contributed by atoms with Crippen molar-refractivity contribution in [3.05, 3.63) is 53.9 Å². The maximum atomic E-state index is 12.7. The number of hydrogen-bond acceptors (Lipinski definition) is 2. The number of carbonyl (C=O) groups excluding carboxylic acids is 1. The van der Waals surface area contributed by atoms with Crippen LogP contribution in [0, 0.1) is 5.82 Å². The van der Waals surface area contributed by atoms with E-state index in [1.165, 1.54) is 12.1 Å². The van der Waals surface area contributed by atoms with Gasteiger partial charge in [0, 0.05) is 12.7 Å². The molecule has 0 atom stereocenters.